The second kappa shape index (κ2) is 9.00. The van der Waals surface area contributed by atoms with Crippen LogP contribution in [0.5, 0.6) is 17.2 Å². The van der Waals surface area contributed by atoms with E-state index < -0.39 is 10.8 Å². The number of carbonyl (C=O) groups is 1. The summed E-state index contributed by atoms with van der Waals surface area (Å²) in [5.41, 5.74) is 1.56. The van der Waals surface area contributed by atoms with Gasteiger partial charge in [-0.3, -0.25) is 14.9 Å². The molecule has 0 radical (unpaired) electrons. The van der Waals surface area contributed by atoms with Gasteiger partial charge in [-0.15, -0.1) is 0 Å². The van der Waals surface area contributed by atoms with Crippen molar-refractivity contribution in [3.8, 4) is 17.2 Å². The number of nitro groups is 1. The standard InChI is InChI=1S/C20H21ClN2O6/c1-3-27-18-7-13-6-12(2)29-19(13)8-14(18)10-22-20(24)11-28-17-5-4-15(21)9-16(17)23(25)26/h4-5,7-9,12H,3,6,10-11H2,1-2H3,(H,22,24)/t12-/m0/s1. The molecule has 8 nitrogen and oxygen atoms in total. The number of hydrogen-bond donors (Lipinski definition) is 1. The fourth-order valence-electron chi connectivity index (χ4n) is 3.05. The Labute approximate surface area is 172 Å². The molecule has 2 aromatic carbocycles. The first-order valence-corrected chi connectivity index (χ1v) is 9.53. The van der Waals surface area contributed by atoms with Crippen molar-refractivity contribution in [3.63, 3.8) is 0 Å². The number of fused-ring (bicyclic) bond motifs is 1. The summed E-state index contributed by atoms with van der Waals surface area (Å²) in [5, 5.41) is 14.0. The van der Waals surface area contributed by atoms with Gasteiger partial charge in [0.25, 0.3) is 5.91 Å². The summed E-state index contributed by atoms with van der Waals surface area (Å²) < 4.78 is 16.8. The number of nitrogens with zero attached hydrogens (tertiary/aromatic N) is 1. The Bertz CT molecular complexity index is 933. The molecule has 1 heterocycles. The number of nitro benzene ring substituents is 1. The average Bonchev–Trinajstić information content (AvgIpc) is 3.04. The SMILES string of the molecule is CCOc1cc2c(cc1CNC(=O)COc1ccc(Cl)cc1[N+](=O)[O-])O[C@@H](C)C2. The van der Waals surface area contributed by atoms with E-state index in [-0.39, 0.29) is 35.7 Å². The Morgan fingerprint density at radius 3 is 2.83 bits per heavy atom. The first-order valence-electron chi connectivity index (χ1n) is 9.16. The summed E-state index contributed by atoms with van der Waals surface area (Å²) in [6.07, 6.45) is 0.920. The average molecular weight is 421 g/mol. The van der Waals surface area contributed by atoms with E-state index in [0.717, 1.165) is 23.3 Å². The molecule has 0 fully saturated rings. The molecule has 9 heteroatoms. The highest BCUT2D eigenvalue weighted by atomic mass is 35.5. The quantitative estimate of drug-likeness (QED) is 0.516. The molecule has 0 spiro atoms. The van der Waals surface area contributed by atoms with Crippen LogP contribution in [-0.2, 0) is 17.8 Å². The van der Waals surface area contributed by atoms with E-state index in [0.29, 0.717) is 12.4 Å². The van der Waals surface area contributed by atoms with Crippen LogP contribution >= 0.6 is 11.6 Å². The Kier molecular flexibility index (Phi) is 6.43. The minimum absolute atomic E-state index is 0.0236. The largest absolute Gasteiger partial charge is 0.494 e. The molecule has 1 amide bonds. The van der Waals surface area contributed by atoms with Crippen LogP contribution < -0.4 is 19.5 Å². The smallest absolute Gasteiger partial charge is 0.312 e. The summed E-state index contributed by atoms with van der Waals surface area (Å²) in [4.78, 5) is 22.7. The molecule has 1 aliphatic heterocycles. The highest BCUT2D eigenvalue weighted by Crippen LogP contribution is 2.35. The van der Waals surface area contributed by atoms with Crippen LogP contribution in [0, 0.1) is 10.1 Å². The maximum Gasteiger partial charge on any atom is 0.312 e. The summed E-state index contributed by atoms with van der Waals surface area (Å²) in [5.74, 6) is 1.03. The summed E-state index contributed by atoms with van der Waals surface area (Å²) in [7, 11) is 0. The van der Waals surface area contributed by atoms with E-state index >= 15 is 0 Å². The van der Waals surface area contributed by atoms with Gasteiger partial charge >= 0.3 is 5.69 Å². The summed E-state index contributed by atoms with van der Waals surface area (Å²) in [6, 6.07) is 7.81. The van der Waals surface area contributed by atoms with Crippen LogP contribution in [0.15, 0.2) is 30.3 Å². The lowest BCUT2D eigenvalue weighted by molar-refractivity contribution is -0.385. The van der Waals surface area contributed by atoms with Gasteiger partial charge in [0, 0.05) is 35.2 Å². The molecule has 0 saturated heterocycles. The van der Waals surface area contributed by atoms with Crippen LogP contribution in [0.3, 0.4) is 0 Å². The van der Waals surface area contributed by atoms with Crippen molar-refractivity contribution < 1.29 is 23.9 Å². The molecule has 1 atom stereocenters. The fourth-order valence-corrected chi connectivity index (χ4v) is 3.22. The van der Waals surface area contributed by atoms with Gasteiger partial charge < -0.3 is 19.5 Å². The van der Waals surface area contributed by atoms with E-state index in [1.165, 1.54) is 18.2 Å². The van der Waals surface area contributed by atoms with E-state index in [4.69, 9.17) is 25.8 Å². The summed E-state index contributed by atoms with van der Waals surface area (Å²) >= 11 is 5.77. The van der Waals surface area contributed by atoms with Crippen molar-refractivity contribution in [2.45, 2.75) is 32.9 Å². The second-order valence-electron chi connectivity index (χ2n) is 6.57. The Morgan fingerprint density at radius 2 is 2.10 bits per heavy atom. The molecule has 2 aromatic rings. The van der Waals surface area contributed by atoms with Gasteiger partial charge in [-0.25, -0.2) is 0 Å². The molecule has 0 aromatic heterocycles. The van der Waals surface area contributed by atoms with Crippen molar-refractivity contribution >= 4 is 23.2 Å². The molecule has 154 valence electrons. The molecule has 0 bridgehead atoms. The number of nitrogens with one attached hydrogen (secondary N) is 1. The maximum absolute atomic E-state index is 12.2. The predicted molar refractivity (Wildman–Crippen MR) is 107 cm³/mol. The van der Waals surface area contributed by atoms with Crippen molar-refractivity contribution in [2.75, 3.05) is 13.2 Å². The number of rotatable bonds is 8. The zero-order valence-electron chi connectivity index (χ0n) is 16.1. The summed E-state index contributed by atoms with van der Waals surface area (Å²) in [6.45, 7) is 4.23. The lowest BCUT2D eigenvalue weighted by atomic mass is 10.1. The second-order valence-corrected chi connectivity index (χ2v) is 7.00. The third-order valence-electron chi connectivity index (χ3n) is 4.33. The predicted octanol–water partition coefficient (Wildman–Crippen LogP) is 3.67. The van der Waals surface area contributed by atoms with Gasteiger partial charge in [-0.05, 0) is 38.1 Å². The molecule has 0 saturated carbocycles. The van der Waals surface area contributed by atoms with Gasteiger partial charge in [0.1, 0.15) is 17.6 Å². The van der Waals surface area contributed by atoms with E-state index in [2.05, 4.69) is 5.32 Å². The minimum Gasteiger partial charge on any atom is -0.494 e. The van der Waals surface area contributed by atoms with Crippen LogP contribution in [0.25, 0.3) is 0 Å². The van der Waals surface area contributed by atoms with Crippen molar-refractivity contribution in [1.29, 1.82) is 0 Å². The number of hydrogen-bond acceptors (Lipinski definition) is 6. The van der Waals surface area contributed by atoms with Gasteiger partial charge in [-0.1, -0.05) is 11.6 Å². The van der Waals surface area contributed by atoms with Gasteiger partial charge in [0.15, 0.2) is 12.4 Å². The maximum atomic E-state index is 12.2. The first kappa shape index (κ1) is 20.7. The van der Waals surface area contributed by atoms with Crippen LogP contribution in [0.1, 0.15) is 25.0 Å². The number of ether oxygens (including phenoxy) is 3. The Balaban J connectivity index is 1.63. The number of benzene rings is 2. The Morgan fingerprint density at radius 1 is 1.31 bits per heavy atom. The monoisotopic (exact) mass is 420 g/mol. The molecule has 3 rings (SSSR count). The molecular weight excluding hydrogens is 400 g/mol. The molecular formula is C20H21ClN2O6. The van der Waals surface area contributed by atoms with Crippen molar-refractivity contribution in [3.05, 3.63) is 56.6 Å². The third kappa shape index (κ3) is 5.08. The highest BCUT2D eigenvalue weighted by molar-refractivity contribution is 6.30. The fraction of sp³-hybridized carbons (Fsp3) is 0.350. The molecule has 0 aliphatic carbocycles. The van der Waals surface area contributed by atoms with Crippen molar-refractivity contribution in [2.24, 2.45) is 0 Å². The number of halogens is 1. The van der Waals surface area contributed by atoms with Gasteiger partial charge in [0.05, 0.1) is 11.5 Å². The number of carbonyl (C=O) groups excluding carboxylic acids is 1. The highest BCUT2D eigenvalue weighted by Gasteiger charge is 2.22. The van der Waals surface area contributed by atoms with Crippen LogP contribution in [0.4, 0.5) is 5.69 Å². The minimum atomic E-state index is -0.612. The Hall–Kier alpha value is -3.00. The van der Waals surface area contributed by atoms with Crippen LogP contribution in [-0.4, -0.2) is 30.1 Å². The topological polar surface area (TPSA) is 99.9 Å². The van der Waals surface area contributed by atoms with Gasteiger partial charge in [0.2, 0.25) is 0 Å². The number of amides is 1. The molecule has 1 N–H and O–H groups in total. The lowest BCUT2D eigenvalue weighted by Crippen LogP contribution is -2.28. The third-order valence-corrected chi connectivity index (χ3v) is 4.57. The van der Waals surface area contributed by atoms with E-state index in [9.17, 15) is 14.9 Å². The molecule has 1 aliphatic rings. The van der Waals surface area contributed by atoms with E-state index in [1.807, 2.05) is 26.0 Å². The normalized spacial score (nSPS) is 14.7. The first-order chi connectivity index (χ1) is 13.9. The van der Waals surface area contributed by atoms with Crippen molar-refractivity contribution in [1.82, 2.24) is 5.32 Å². The van der Waals surface area contributed by atoms with Gasteiger partial charge in [-0.2, -0.15) is 0 Å². The molecule has 0 unspecified atom stereocenters. The molecule has 29 heavy (non-hydrogen) atoms. The zero-order valence-corrected chi connectivity index (χ0v) is 16.8. The lowest BCUT2D eigenvalue weighted by Gasteiger charge is -2.13. The zero-order chi connectivity index (χ0) is 21.0. The van der Waals surface area contributed by atoms with Crippen LogP contribution in [0.2, 0.25) is 5.02 Å². The van der Waals surface area contributed by atoms with E-state index in [1.54, 1.807) is 0 Å².